The number of aliphatic hydroxyl groups is 1. The highest BCUT2D eigenvalue weighted by Gasteiger charge is 2.37. The fourth-order valence-corrected chi connectivity index (χ4v) is 2.51. The van der Waals surface area contributed by atoms with Crippen molar-refractivity contribution in [1.82, 2.24) is 4.98 Å². The van der Waals surface area contributed by atoms with Gasteiger partial charge in [-0.3, -0.25) is 19.9 Å². The molecule has 1 aromatic heterocycles. The zero-order valence-corrected chi connectivity index (χ0v) is 11.7. The third-order valence-corrected chi connectivity index (χ3v) is 3.67. The molecule has 3 rings (SSSR count). The molecule has 6 nitrogen and oxygen atoms in total. The summed E-state index contributed by atoms with van der Waals surface area (Å²) in [5.41, 5.74) is 1.10. The lowest BCUT2D eigenvalue weighted by molar-refractivity contribution is -0.385. The van der Waals surface area contributed by atoms with E-state index in [2.05, 4.69) is 4.98 Å². The van der Waals surface area contributed by atoms with Crippen molar-refractivity contribution in [2.24, 2.45) is 0 Å². The number of Topliss-reactive ketones (excluding diaryl/α,β-unsaturated/α-hetero) is 1. The number of benzene rings is 1. The standard InChI is InChI=1S/C16H12N2O4/c1-2-9-6-7-11(17-8-9)14-15(19)10-4-3-5-12(18(21)22)13(10)16(14)20/h3-8,19H,2H2,1H3. The Balaban J connectivity index is 2.15. The lowest BCUT2D eigenvalue weighted by atomic mass is 10.0. The number of nitro groups is 1. The van der Waals surface area contributed by atoms with Crippen molar-refractivity contribution in [3.8, 4) is 0 Å². The molecule has 1 aliphatic carbocycles. The van der Waals surface area contributed by atoms with Crippen LogP contribution in [0, 0.1) is 10.1 Å². The van der Waals surface area contributed by atoms with Crippen LogP contribution in [0.5, 0.6) is 0 Å². The third kappa shape index (κ3) is 1.96. The zero-order chi connectivity index (χ0) is 15.9. The van der Waals surface area contributed by atoms with E-state index in [1.807, 2.05) is 13.0 Å². The number of aliphatic hydroxyl groups excluding tert-OH is 1. The van der Waals surface area contributed by atoms with Gasteiger partial charge >= 0.3 is 0 Å². The van der Waals surface area contributed by atoms with E-state index in [0.717, 1.165) is 12.0 Å². The monoisotopic (exact) mass is 296 g/mol. The molecule has 0 saturated heterocycles. The molecule has 1 heterocycles. The van der Waals surface area contributed by atoms with Gasteiger partial charge in [0.25, 0.3) is 5.69 Å². The minimum absolute atomic E-state index is 0.00644. The number of fused-ring (bicyclic) bond motifs is 1. The smallest absolute Gasteiger partial charge is 0.281 e. The summed E-state index contributed by atoms with van der Waals surface area (Å²) in [5, 5.41) is 21.4. The van der Waals surface area contributed by atoms with E-state index in [9.17, 15) is 20.0 Å². The second-order valence-electron chi connectivity index (χ2n) is 4.91. The number of nitrogens with zero attached hydrogens (tertiary/aromatic N) is 2. The predicted molar refractivity (Wildman–Crippen MR) is 80.5 cm³/mol. The van der Waals surface area contributed by atoms with Gasteiger partial charge in [0, 0.05) is 17.8 Å². The van der Waals surface area contributed by atoms with Crippen LogP contribution in [-0.2, 0) is 6.42 Å². The molecule has 2 aromatic rings. The number of aromatic nitrogens is 1. The largest absolute Gasteiger partial charge is 0.506 e. The quantitative estimate of drug-likeness (QED) is 0.693. The van der Waals surface area contributed by atoms with Crippen molar-refractivity contribution in [3.63, 3.8) is 0 Å². The van der Waals surface area contributed by atoms with Crippen LogP contribution in [0.25, 0.3) is 11.3 Å². The van der Waals surface area contributed by atoms with Crippen LogP contribution < -0.4 is 0 Å². The van der Waals surface area contributed by atoms with Crippen LogP contribution in [0.2, 0.25) is 0 Å². The van der Waals surface area contributed by atoms with E-state index in [1.165, 1.54) is 18.2 Å². The Morgan fingerprint density at radius 3 is 2.64 bits per heavy atom. The Morgan fingerprint density at radius 2 is 2.05 bits per heavy atom. The molecule has 0 saturated carbocycles. The lowest BCUT2D eigenvalue weighted by Gasteiger charge is -2.02. The Bertz CT molecular complexity index is 823. The molecule has 22 heavy (non-hydrogen) atoms. The van der Waals surface area contributed by atoms with E-state index < -0.39 is 10.7 Å². The Kier molecular flexibility index (Phi) is 3.21. The summed E-state index contributed by atoms with van der Waals surface area (Å²) < 4.78 is 0. The van der Waals surface area contributed by atoms with E-state index >= 15 is 0 Å². The van der Waals surface area contributed by atoms with Gasteiger partial charge in [-0.25, -0.2) is 0 Å². The molecule has 0 fully saturated rings. The minimum atomic E-state index is -0.624. The number of hydrogen-bond donors (Lipinski definition) is 1. The third-order valence-electron chi connectivity index (χ3n) is 3.67. The van der Waals surface area contributed by atoms with Crippen LogP contribution in [0.3, 0.4) is 0 Å². The molecule has 1 aliphatic rings. The van der Waals surface area contributed by atoms with Crippen LogP contribution in [0.4, 0.5) is 5.69 Å². The highest BCUT2D eigenvalue weighted by atomic mass is 16.6. The average molecular weight is 296 g/mol. The first-order valence-corrected chi connectivity index (χ1v) is 6.75. The molecule has 1 aromatic carbocycles. The van der Waals surface area contributed by atoms with Gasteiger partial charge < -0.3 is 5.11 Å². The number of ketones is 1. The first-order valence-electron chi connectivity index (χ1n) is 6.75. The summed E-state index contributed by atoms with van der Waals surface area (Å²) >= 11 is 0. The number of allylic oxidation sites excluding steroid dienone is 1. The van der Waals surface area contributed by atoms with Gasteiger partial charge in [0.05, 0.1) is 16.2 Å². The topological polar surface area (TPSA) is 93.3 Å². The van der Waals surface area contributed by atoms with Crippen molar-refractivity contribution in [3.05, 3.63) is 69.0 Å². The first-order chi connectivity index (χ1) is 10.5. The van der Waals surface area contributed by atoms with E-state index in [-0.39, 0.29) is 28.1 Å². The number of nitro benzene ring substituents is 1. The summed E-state index contributed by atoms with van der Waals surface area (Å²) in [4.78, 5) is 27.2. The molecular weight excluding hydrogens is 284 g/mol. The van der Waals surface area contributed by atoms with Gasteiger partial charge in [0.2, 0.25) is 5.78 Å². The highest BCUT2D eigenvalue weighted by Crippen LogP contribution is 2.40. The molecule has 110 valence electrons. The molecule has 6 heteroatoms. The second kappa shape index (κ2) is 5.07. The van der Waals surface area contributed by atoms with Crippen LogP contribution in [-0.4, -0.2) is 20.8 Å². The van der Waals surface area contributed by atoms with Gasteiger partial charge in [-0.1, -0.05) is 19.1 Å². The zero-order valence-electron chi connectivity index (χ0n) is 11.7. The summed E-state index contributed by atoms with van der Waals surface area (Å²) in [7, 11) is 0. The van der Waals surface area contributed by atoms with Crippen molar-refractivity contribution in [2.75, 3.05) is 0 Å². The molecular formula is C16H12N2O4. The summed E-state index contributed by atoms with van der Waals surface area (Å²) in [6, 6.07) is 7.63. The molecule has 1 N–H and O–H groups in total. The van der Waals surface area contributed by atoms with Crippen molar-refractivity contribution >= 4 is 22.8 Å². The highest BCUT2D eigenvalue weighted by molar-refractivity contribution is 6.39. The van der Waals surface area contributed by atoms with E-state index in [1.54, 1.807) is 12.3 Å². The Hall–Kier alpha value is -3.02. The fraction of sp³-hybridized carbons (Fsp3) is 0.125. The SMILES string of the molecule is CCc1ccc(C2=C(O)c3cccc([N+](=O)[O-])c3C2=O)nc1. The van der Waals surface area contributed by atoms with Crippen LogP contribution in [0.1, 0.15) is 34.1 Å². The second-order valence-corrected chi connectivity index (χ2v) is 4.91. The molecule has 0 unspecified atom stereocenters. The van der Waals surface area contributed by atoms with Gasteiger partial charge in [0.15, 0.2) is 0 Å². The van der Waals surface area contributed by atoms with Gasteiger partial charge in [0.1, 0.15) is 11.3 Å². The van der Waals surface area contributed by atoms with E-state index in [4.69, 9.17) is 0 Å². The van der Waals surface area contributed by atoms with Crippen molar-refractivity contribution < 1.29 is 14.8 Å². The fourth-order valence-electron chi connectivity index (χ4n) is 2.51. The number of hydrogen-bond acceptors (Lipinski definition) is 5. The predicted octanol–water partition coefficient (Wildman–Crippen LogP) is 3.17. The lowest BCUT2D eigenvalue weighted by Crippen LogP contribution is -2.04. The van der Waals surface area contributed by atoms with Gasteiger partial charge in [-0.05, 0) is 24.1 Å². The molecule has 0 aliphatic heterocycles. The van der Waals surface area contributed by atoms with E-state index in [0.29, 0.717) is 5.69 Å². The maximum Gasteiger partial charge on any atom is 0.281 e. The van der Waals surface area contributed by atoms with Gasteiger partial charge in [-0.2, -0.15) is 0 Å². The molecule has 0 spiro atoms. The summed E-state index contributed by atoms with van der Waals surface area (Å²) in [6.45, 7) is 1.98. The summed E-state index contributed by atoms with van der Waals surface area (Å²) in [5.74, 6) is -0.836. The molecule has 0 radical (unpaired) electrons. The minimum Gasteiger partial charge on any atom is -0.506 e. The van der Waals surface area contributed by atoms with Crippen molar-refractivity contribution in [1.29, 1.82) is 0 Å². The molecule has 0 amide bonds. The molecule has 0 bridgehead atoms. The number of pyridine rings is 1. The first kappa shape index (κ1) is 13.9. The summed E-state index contributed by atoms with van der Waals surface area (Å²) in [6.07, 6.45) is 2.43. The van der Waals surface area contributed by atoms with Gasteiger partial charge in [-0.15, -0.1) is 0 Å². The number of rotatable bonds is 3. The average Bonchev–Trinajstić information content (AvgIpc) is 2.79. The Labute approximate surface area is 125 Å². The number of carbonyl (C=O) groups excluding carboxylic acids is 1. The maximum atomic E-state index is 12.5. The molecule has 0 atom stereocenters. The number of aryl methyl sites for hydroxylation is 1. The van der Waals surface area contributed by atoms with Crippen LogP contribution in [0.15, 0.2) is 36.5 Å². The number of carbonyl (C=O) groups is 1. The normalized spacial score (nSPS) is 13.4. The van der Waals surface area contributed by atoms with Crippen molar-refractivity contribution in [2.45, 2.75) is 13.3 Å². The Morgan fingerprint density at radius 1 is 1.27 bits per heavy atom. The van der Waals surface area contributed by atoms with Crippen LogP contribution >= 0.6 is 0 Å². The maximum absolute atomic E-state index is 12.5.